The molecular formula is C7H8NO5S-. The maximum atomic E-state index is 11.1. The van der Waals surface area contributed by atoms with Gasteiger partial charge in [0.15, 0.2) is 0 Å². The monoisotopic (exact) mass is 218 g/mol. The van der Waals surface area contributed by atoms with Gasteiger partial charge in [-0.2, -0.15) is 0 Å². The Morgan fingerprint density at radius 2 is 2.29 bits per heavy atom. The molecule has 0 aliphatic carbocycles. The third kappa shape index (κ3) is 1.99. The second-order valence-corrected chi connectivity index (χ2v) is 3.45. The molecule has 1 aliphatic heterocycles. The molecule has 78 valence electrons. The summed E-state index contributed by atoms with van der Waals surface area (Å²) in [6.07, 6.45) is 1.17. The van der Waals surface area contributed by atoms with Crippen molar-refractivity contribution in [2.45, 2.75) is 5.44 Å². The van der Waals surface area contributed by atoms with Crippen LogP contribution >= 0.6 is 11.8 Å². The fourth-order valence-corrected chi connectivity index (χ4v) is 1.84. The van der Waals surface area contributed by atoms with Crippen LogP contribution in [0.15, 0.2) is 22.6 Å². The molecule has 1 atom stereocenters. The average molecular weight is 218 g/mol. The van der Waals surface area contributed by atoms with Crippen LogP contribution in [0.4, 0.5) is 0 Å². The van der Waals surface area contributed by atoms with Gasteiger partial charge in [0.25, 0.3) is 0 Å². The number of thioether (sulfide) groups is 1. The molecule has 0 N–H and O–H groups in total. The van der Waals surface area contributed by atoms with E-state index in [1.54, 1.807) is 0 Å². The minimum atomic E-state index is -0.650. The Morgan fingerprint density at radius 1 is 1.64 bits per heavy atom. The highest BCUT2D eigenvalue weighted by molar-refractivity contribution is 8.03. The zero-order valence-corrected chi connectivity index (χ0v) is 8.37. The summed E-state index contributed by atoms with van der Waals surface area (Å²) in [4.78, 5) is 9.85. The Hall–Kier alpha value is -1.21. The zero-order valence-electron chi connectivity index (χ0n) is 7.55. The van der Waals surface area contributed by atoms with Crippen molar-refractivity contribution in [3.63, 3.8) is 0 Å². The first kappa shape index (κ1) is 10.9. The summed E-state index contributed by atoms with van der Waals surface area (Å²) in [5, 5.41) is 21.4. The van der Waals surface area contributed by atoms with Crippen LogP contribution in [0.1, 0.15) is 0 Å². The molecule has 7 heteroatoms. The summed E-state index contributed by atoms with van der Waals surface area (Å²) in [6, 6.07) is 0. The van der Waals surface area contributed by atoms with Crippen LogP contribution in [-0.2, 0) is 9.47 Å². The summed E-state index contributed by atoms with van der Waals surface area (Å²) in [7, 11) is 2.59. The number of hydrogen-bond acceptors (Lipinski definition) is 6. The maximum Gasteiger partial charge on any atom is 0.306 e. The smallest absolute Gasteiger partial charge is 0.306 e. The van der Waals surface area contributed by atoms with Crippen molar-refractivity contribution in [2.24, 2.45) is 0 Å². The third-order valence-corrected chi connectivity index (χ3v) is 2.74. The van der Waals surface area contributed by atoms with Crippen molar-refractivity contribution >= 4 is 11.8 Å². The van der Waals surface area contributed by atoms with Crippen LogP contribution in [0.3, 0.4) is 0 Å². The molecule has 0 aromatic heterocycles. The van der Waals surface area contributed by atoms with E-state index in [0.717, 1.165) is 11.8 Å². The van der Waals surface area contributed by atoms with Crippen molar-refractivity contribution in [2.75, 3.05) is 14.2 Å². The van der Waals surface area contributed by atoms with Gasteiger partial charge in [0.1, 0.15) is 5.44 Å². The van der Waals surface area contributed by atoms with E-state index in [9.17, 15) is 15.2 Å². The fraction of sp³-hybridized carbons (Fsp3) is 0.429. The van der Waals surface area contributed by atoms with Crippen LogP contribution in [0.5, 0.6) is 0 Å². The first-order valence-corrected chi connectivity index (χ1v) is 4.48. The lowest BCUT2D eigenvalue weighted by Crippen LogP contribution is -2.15. The topological polar surface area (TPSA) is 84.7 Å². The lowest BCUT2D eigenvalue weighted by molar-refractivity contribution is -0.410. The normalized spacial score (nSPS) is 24.4. The van der Waals surface area contributed by atoms with Crippen molar-refractivity contribution in [3.05, 3.63) is 32.7 Å². The predicted octanol–water partition coefficient (Wildman–Crippen LogP) is 0.0421. The first-order chi connectivity index (χ1) is 6.60. The second kappa shape index (κ2) is 4.34. The molecule has 0 amide bonds. The highest BCUT2D eigenvalue weighted by Crippen LogP contribution is 2.37. The molecule has 14 heavy (non-hydrogen) atoms. The van der Waals surface area contributed by atoms with Crippen molar-refractivity contribution < 1.29 is 19.5 Å². The van der Waals surface area contributed by atoms with Crippen molar-refractivity contribution in [1.29, 1.82) is 0 Å². The Kier molecular flexibility index (Phi) is 3.37. The van der Waals surface area contributed by atoms with Gasteiger partial charge < -0.3 is 14.6 Å². The largest absolute Gasteiger partial charge is 0.616 e. The lowest BCUT2D eigenvalue weighted by atomic mass is 10.3. The number of nitrogens with zero attached hydrogens (tertiary/aromatic N) is 1. The van der Waals surface area contributed by atoms with E-state index in [0.29, 0.717) is 0 Å². The molecule has 0 saturated heterocycles. The van der Waals surface area contributed by atoms with E-state index in [1.807, 2.05) is 0 Å². The van der Waals surface area contributed by atoms with Crippen molar-refractivity contribution in [3.8, 4) is 0 Å². The summed E-state index contributed by atoms with van der Waals surface area (Å²) < 4.78 is 9.35. The Balaban J connectivity index is 2.98. The lowest BCUT2D eigenvalue weighted by Gasteiger charge is -2.15. The SMILES string of the molecule is CO/C([O-])=C1/C=C([N+](=O)[O-])S[C@H]1OC. The molecule has 1 heterocycles. The maximum absolute atomic E-state index is 11.1. The van der Waals surface area contributed by atoms with Gasteiger partial charge in [0, 0.05) is 18.8 Å². The highest BCUT2D eigenvalue weighted by atomic mass is 32.2. The Labute approximate surface area is 84.3 Å². The third-order valence-electron chi connectivity index (χ3n) is 1.58. The van der Waals surface area contributed by atoms with Crippen LogP contribution < -0.4 is 5.11 Å². The molecule has 1 aliphatic rings. The Bertz CT molecular complexity index is 311. The van der Waals surface area contributed by atoms with Gasteiger partial charge in [-0.25, -0.2) is 0 Å². The molecule has 0 aromatic carbocycles. The van der Waals surface area contributed by atoms with E-state index in [2.05, 4.69) is 4.74 Å². The van der Waals surface area contributed by atoms with Crippen molar-refractivity contribution in [1.82, 2.24) is 0 Å². The summed E-state index contributed by atoms with van der Waals surface area (Å²) in [5.41, 5.74) is -0.491. The molecule has 1 rings (SSSR count). The molecule has 0 aromatic rings. The van der Waals surface area contributed by atoms with Gasteiger partial charge in [0.05, 0.1) is 10.9 Å². The number of methoxy groups -OCH3 is 2. The molecule has 0 bridgehead atoms. The average Bonchev–Trinajstić information content (AvgIpc) is 2.60. The Morgan fingerprint density at radius 3 is 2.71 bits per heavy atom. The molecule has 0 saturated carbocycles. The molecule has 0 spiro atoms. The van der Waals surface area contributed by atoms with Gasteiger partial charge in [-0.3, -0.25) is 10.1 Å². The molecule has 0 radical (unpaired) electrons. The fourth-order valence-electron chi connectivity index (χ4n) is 0.952. The first-order valence-electron chi connectivity index (χ1n) is 3.61. The van der Waals surface area contributed by atoms with Gasteiger partial charge in [0.2, 0.25) is 0 Å². The van der Waals surface area contributed by atoms with E-state index < -0.39 is 16.3 Å². The summed E-state index contributed by atoms with van der Waals surface area (Å²) >= 11 is 0.872. The number of nitro groups is 1. The second-order valence-electron chi connectivity index (χ2n) is 2.37. The quantitative estimate of drug-likeness (QED) is 0.378. The zero-order chi connectivity index (χ0) is 10.7. The standard InChI is InChI=1S/C7H9NO5S/c1-12-6(9)4-3-5(8(10)11)14-7(4)13-2/h3,7,9H,1-2H3/p-1/b6-4-/t7-/m1/s1. The van der Waals surface area contributed by atoms with Crippen LogP contribution in [0.2, 0.25) is 0 Å². The van der Waals surface area contributed by atoms with Crippen LogP contribution in [0, 0.1) is 10.1 Å². The summed E-state index contributed by atoms with van der Waals surface area (Å²) in [6.45, 7) is 0. The minimum absolute atomic E-state index is 0.114. The van der Waals surface area contributed by atoms with Gasteiger partial charge >= 0.3 is 5.03 Å². The van der Waals surface area contributed by atoms with Gasteiger partial charge in [-0.15, -0.1) is 0 Å². The number of hydrogen-bond donors (Lipinski definition) is 0. The highest BCUT2D eigenvalue weighted by Gasteiger charge is 2.31. The molecule has 0 fully saturated rings. The van der Waals surface area contributed by atoms with E-state index in [4.69, 9.17) is 4.74 Å². The number of ether oxygens (including phenoxy) is 2. The van der Waals surface area contributed by atoms with E-state index in [-0.39, 0.29) is 10.6 Å². The molecule has 0 unspecified atom stereocenters. The number of rotatable bonds is 3. The van der Waals surface area contributed by atoms with E-state index >= 15 is 0 Å². The van der Waals surface area contributed by atoms with E-state index in [1.165, 1.54) is 20.3 Å². The van der Waals surface area contributed by atoms with Crippen LogP contribution in [0.25, 0.3) is 0 Å². The molecular weight excluding hydrogens is 210 g/mol. The van der Waals surface area contributed by atoms with Gasteiger partial charge in [-0.05, 0) is 18.9 Å². The summed E-state index contributed by atoms with van der Waals surface area (Å²) in [5.74, 6) is -0.610. The van der Waals surface area contributed by atoms with Crippen LogP contribution in [-0.4, -0.2) is 24.6 Å². The van der Waals surface area contributed by atoms with Gasteiger partial charge in [-0.1, -0.05) is 0 Å². The predicted molar refractivity (Wildman–Crippen MR) is 47.5 cm³/mol. The molecule has 6 nitrogen and oxygen atoms in total. The minimum Gasteiger partial charge on any atom is -0.616 e.